The van der Waals surface area contributed by atoms with E-state index < -0.39 is 0 Å². The molecule has 1 heterocycles. The van der Waals surface area contributed by atoms with Crippen LogP contribution in [0.1, 0.15) is 46.9 Å². The highest BCUT2D eigenvalue weighted by molar-refractivity contribution is 5.80. The largest absolute Gasteiger partial charge is 0.370 e. The van der Waals surface area contributed by atoms with Crippen LogP contribution in [0, 0.1) is 0 Å². The lowest BCUT2D eigenvalue weighted by Crippen LogP contribution is -2.30. The van der Waals surface area contributed by atoms with Gasteiger partial charge in [0.1, 0.15) is 17.5 Å². The Morgan fingerprint density at radius 2 is 1.76 bits per heavy atom. The highest BCUT2D eigenvalue weighted by Crippen LogP contribution is 2.22. The Morgan fingerprint density at radius 3 is 2.29 bits per heavy atom. The topological polar surface area (TPSA) is 78.9 Å². The van der Waals surface area contributed by atoms with Crippen LogP contribution in [-0.4, -0.2) is 35.5 Å². The van der Waals surface area contributed by atoms with Gasteiger partial charge in [0.15, 0.2) is 0 Å². The van der Waals surface area contributed by atoms with Crippen LogP contribution in [0.25, 0.3) is 0 Å². The van der Waals surface area contributed by atoms with Gasteiger partial charge in [0, 0.05) is 24.6 Å². The number of hydrogen-bond acceptors (Lipinski definition) is 5. The highest BCUT2D eigenvalue weighted by Gasteiger charge is 2.19. The number of nitrogens with zero attached hydrogens (tertiary/aromatic N) is 2. The molecule has 6 nitrogen and oxygen atoms in total. The van der Waals surface area contributed by atoms with Crippen molar-refractivity contribution >= 4 is 17.5 Å². The Kier molecular flexibility index (Phi) is 6.39. The molecule has 0 radical (unpaired) electrons. The summed E-state index contributed by atoms with van der Waals surface area (Å²) in [7, 11) is 0. The molecule has 1 aromatic heterocycles. The third kappa shape index (κ3) is 5.97. The second kappa shape index (κ2) is 7.81. The number of amides is 1. The summed E-state index contributed by atoms with van der Waals surface area (Å²) in [6, 6.07) is 1.83. The summed E-state index contributed by atoms with van der Waals surface area (Å²) >= 11 is 0. The molecule has 118 valence electrons. The molecular formula is C15H27N5O. The minimum atomic E-state index is -0.146. The van der Waals surface area contributed by atoms with Crippen molar-refractivity contribution in [1.82, 2.24) is 15.3 Å². The van der Waals surface area contributed by atoms with Crippen molar-refractivity contribution in [3.63, 3.8) is 0 Å². The summed E-state index contributed by atoms with van der Waals surface area (Å²) in [5.74, 6) is 2.15. The Bertz CT molecular complexity index is 468. The molecule has 0 fully saturated rings. The van der Waals surface area contributed by atoms with Gasteiger partial charge in [-0.15, -0.1) is 0 Å². The summed E-state index contributed by atoms with van der Waals surface area (Å²) in [6.07, 6.45) is 0.929. The normalized spacial score (nSPS) is 11.1. The van der Waals surface area contributed by atoms with E-state index in [1.807, 2.05) is 19.9 Å². The SMILES string of the molecule is CCCNC(=O)CNc1cc(NCC)nc(C(C)(C)C)n1. The van der Waals surface area contributed by atoms with Gasteiger partial charge in [-0.3, -0.25) is 4.79 Å². The zero-order valence-corrected chi connectivity index (χ0v) is 13.7. The summed E-state index contributed by atoms with van der Waals surface area (Å²) in [6.45, 7) is 11.9. The van der Waals surface area contributed by atoms with Gasteiger partial charge in [0.2, 0.25) is 5.91 Å². The summed E-state index contributed by atoms with van der Waals surface area (Å²) in [4.78, 5) is 20.6. The third-order valence-electron chi connectivity index (χ3n) is 2.76. The minimum absolute atomic E-state index is 0.0298. The lowest BCUT2D eigenvalue weighted by atomic mass is 9.96. The van der Waals surface area contributed by atoms with Gasteiger partial charge in [-0.05, 0) is 13.3 Å². The fraction of sp³-hybridized carbons (Fsp3) is 0.667. The maximum atomic E-state index is 11.6. The molecular weight excluding hydrogens is 266 g/mol. The fourth-order valence-corrected chi connectivity index (χ4v) is 1.64. The van der Waals surface area contributed by atoms with Gasteiger partial charge >= 0.3 is 0 Å². The Hall–Kier alpha value is -1.85. The van der Waals surface area contributed by atoms with E-state index in [9.17, 15) is 4.79 Å². The van der Waals surface area contributed by atoms with Crippen LogP contribution in [0.15, 0.2) is 6.07 Å². The third-order valence-corrected chi connectivity index (χ3v) is 2.76. The average molecular weight is 293 g/mol. The van der Waals surface area contributed by atoms with Crippen LogP contribution in [0.5, 0.6) is 0 Å². The molecule has 0 aliphatic carbocycles. The highest BCUT2D eigenvalue weighted by atomic mass is 16.1. The first-order chi connectivity index (χ1) is 9.86. The van der Waals surface area contributed by atoms with Crippen molar-refractivity contribution in [3.05, 3.63) is 11.9 Å². The first-order valence-corrected chi connectivity index (χ1v) is 7.50. The number of hydrogen-bond donors (Lipinski definition) is 3. The van der Waals surface area contributed by atoms with Crippen molar-refractivity contribution in [2.75, 3.05) is 30.3 Å². The van der Waals surface area contributed by atoms with Gasteiger partial charge in [0.05, 0.1) is 6.54 Å². The lowest BCUT2D eigenvalue weighted by Gasteiger charge is -2.19. The van der Waals surface area contributed by atoms with E-state index in [-0.39, 0.29) is 17.9 Å². The van der Waals surface area contributed by atoms with Gasteiger partial charge in [-0.2, -0.15) is 0 Å². The number of carbonyl (C=O) groups excluding carboxylic acids is 1. The standard InChI is InChI=1S/C15H27N5O/c1-6-8-17-13(21)10-18-12-9-11(16-7-2)19-14(20-12)15(3,4)5/h9H,6-8,10H2,1-5H3,(H,17,21)(H2,16,18,19,20). The maximum absolute atomic E-state index is 11.6. The van der Waals surface area contributed by atoms with Crippen molar-refractivity contribution < 1.29 is 4.79 Å². The first kappa shape index (κ1) is 17.2. The van der Waals surface area contributed by atoms with Crippen molar-refractivity contribution in [2.45, 2.75) is 46.5 Å². The number of carbonyl (C=O) groups is 1. The minimum Gasteiger partial charge on any atom is -0.370 e. The molecule has 0 aliphatic rings. The van der Waals surface area contributed by atoms with Crippen LogP contribution in [0.3, 0.4) is 0 Å². The van der Waals surface area contributed by atoms with E-state index in [4.69, 9.17) is 0 Å². The Balaban J connectivity index is 2.80. The molecule has 0 unspecified atom stereocenters. The van der Waals surface area contributed by atoms with Crippen molar-refractivity contribution in [3.8, 4) is 0 Å². The van der Waals surface area contributed by atoms with E-state index in [1.54, 1.807) is 0 Å². The van der Waals surface area contributed by atoms with Gasteiger partial charge in [-0.1, -0.05) is 27.7 Å². The molecule has 3 N–H and O–H groups in total. The monoisotopic (exact) mass is 293 g/mol. The number of nitrogens with one attached hydrogen (secondary N) is 3. The van der Waals surface area contributed by atoms with E-state index in [0.717, 1.165) is 24.6 Å². The van der Waals surface area contributed by atoms with Crippen LogP contribution in [0.2, 0.25) is 0 Å². The second-order valence-corrected chi connectivity index (χ2v) is 5.95. The smallest absolute Gasteiger partial charge is 0.239 e. The summed E-state index contributed by atoms with van der Waals surface area (Å²) < 4.78 is 0. The average Bonchev–Trinajstić information content (AvgIpc) is 2.42. The van der Waals surface area contributed by atoms with Crippen LogP contribution in [0.4, 0.5) is 11.6 Å². The van der Waals surface area contributed by atoms with E-state index in [1.165, 1.54) is 0 Å². The van der Waals surface area contributed by atoms with E-state index in [2.05, 4.69) is 46.7 Å². The molecule has 1 amide bonds. The Labute approximate surface area is 127 Å². The fourth-order valence-electron chi connectivity index (χ4n) is 1.64. The number of anilines is 2. The number of aromatic nitrogens is 2. The quantitative estimate of drug-likeness (QED) is 0.718. The molecule has 0 spiro atoms. The zero-order valence-electron chi connectivity index (χ0n) is 13.7. The van der Waals surface area contributed by atoms with E-state index >= 15 is 0 Å². The molecule has 0 saturated heterocycles. The van der Waals surface area contributed by atoms with Crippen LogP contribution < -0.4 is 16.0 Å². The Morgan fingerprint density at radius 1 is 1.14 bits per heavy atom. The van der Waals surface area contributed by atoms with Crippen LogP contribution >= 0.6 is 0 Å². The second-order valence-electron chi connectivity index (χ2n) is 5.95. The van der Waals surface area contributed by atoms with Crippen molar-refractivity contribution in [1.29, 1.82) is 0 Å². The summed E-state index contributed by atoms with van der Waals surface area (Å²) in [5, 5.41) is 9.08. The molecule has 0 aliphatic heterocycles. The zero-order chi connectivity index (χ0) is 15.9. The molecule has 1 rings (SSSR count). The van der Waals surface area contributed by atoms with Crippen LogP contribution in [-0.2, 0) is 10.2 Å². The number of rotatable bonds is 7. The maximum Gasteiger partial charge on any atom is 0.239 e. The molecule has 1 aromatic rings. The molecule has 0 aromatic carbocycles. The van der Waals surface area contributed by atoms with E-state index in [0.29, 0.717) is 12.4 Å². The van der Waals surface area contributed by atoms with Gasteiger partial charge in [-0.25, -0.2) is 9.97 Å². The molecule has 0 atom stereocenters. The molecule has 0 bridgehead atoms. The van der Waals surface area contributed by atoms with Gasteiger partial charge in [0.25, 0.3) is 0 Å². The molecule has 21 heavy (non-hydrogen) atoms. The lowest BCUT2D eigenvalue weighted by molar-refractivity contribution is -0.119. The molecule has 0 saturated carbocycles. The molecule has 6 heteroatoms. The van der Waals surface area contributed by atoms with Gasteiger partial charge < -0.3 is 16.0 Å². The first-order valence-electron chi connectivity index (χ1n) is 7.50. The predicted octanol–water partition coefficient (Wildman–Crippen LogP) is 2.14. The summed E-state index contributed by atoms with van der Waals surface area (Å²) in [5.41, 5.74) is -0.146. The van der Waals surface area contributed by atoms with Crippen molar-refractivity contribution in [2.24, 2.45) is 0 Å². The predicted molar refractivity (Wildman–Crippen MR) is 86.7 cm³/mol.